The second-order valence-corrected chi connectivity index (χ2v) is 6.34. The van der Waals surface area contributed by atoms with Gasteiger partial charge >= 0.3 is 0 Å². The Morgan fingerprint density at radius 3 is 2.41 bits per heavy atom. The van der Waals surface area contributed by atoms with Crippen LogP contribution in [0.1, 0.15) is 20.8 Å². The van der Waals surface area contributed by atoms with Crippen molar-refractivity contribution >= 4 is 35.8 Å². The highest BCUT2D eigenvalue weighted by molar-refractivity contribution is 7.80. The van der Waals surface area contributed by atoms with Crippen molar-refractivity contribution in [3.8, 4) is 5.75 Å². The Bertz CT molecular complexity index is 374. The molecule has 1 unspecified atom stereocenters. The topological polar surface area (TPSA) is 9.23 Å². The molecule has 1 aromatic carbocycles. The first-order chi connectivity index (χ1) is 7.84. The van der Waals surface area contributed by atoms with Gasteiger partial charge in [-0.3, -0.25) is 0 Å². The molecule has 0 aromatic heterocycles. The van der Waals surface area contributed by atoms with Crippen LogP contribution in [0.2, 0.25) is 10.0 Å². The van der Waals surface area contributed by atoms with E-state index in [2.05, 4.69) is 33.4 Å². The lowest BCUT2D eigenvalue weighted by Crippen LogP contribution is -2.28. The number of rotatable bonds is 4. The van der Waals surface area contributed by atoms with Gasteiger partial charge in [-0.2, -0.15) is 12.6 Å². The van der Waals surface area contributed by atoms with Crippen LogP contribution in [0.15, 0.2) is 18.2 Å². The molecule has 0 N–H and O–H groups in total. The van der Waals surface area contributed by atoms with Gasteiger partial charge in [-0.25, -0.2) is 0 Å². The van der Waals surface area contributed by atoms with Crippen molar-refractivity contribution < 1.29 is 4.74 Å². The molecule has 1 rings (SSSR count). The highest BCUT2D eigenvalue weighted by Gasteiger charge is 2.24. The van der Waals surface area contributed by atoms with E-state index in [1.165, 1.54) is 0 Å². The average Bonchev–Trinajstić information content (AvgIpc) is 2.19. The van der Waals surface area contributed by atoms with Gasteiger partial charge in [-0.05, 0) is 29.4 Å². The van der Waals surface area contributed by atoms with Crippen molar-refractivity contribution in [3.63, 3.8) is 0 Å². The Labute approximate surface area is 119 Å². The summed E-state index contributed by atoms with van der Waals surface area (Å²) in [6, 6.07) is 5.25. The molecule has 0 aliphatic rings. The predicted octanol–water partition coefficient (Wildman–Crippen LogP) is 4.96. The third-order valence-corrected chi connectivity index (χ3v) is 3.75. The highest BCUT2D eigenvalue weighted by atomic mass is 35.5. The van der Waals surface area contributed by atoms with Crippen molar-refractivity contribution in [2.24, 2.45) is 11.3 Å². The van der Waals surface area contributed by atoms with Gasteiger partial charge in [0.15, 0.2) is 0 Å². The minimum Gasteiger partial charge on any atom is -0.492 e. The van der Waals surface area contributed by atoms with Gasteiger partial charge < -0.3 is 4.74 Å². The van der Waals surface area contributed by atoms with Crippen molar-refractivity contribution in [2.45, 2.75) is 20.8 Å². The molecule has 0 aliphatic carbocycles. The standard InChI is InChI=1S/C13H18Cl2OS/c1-13(2,3)9(8-17)7-16-12-5-4-10(14)6-11(12)15/h4-6,9,17H,7-8H2,1-3H3. The van der Waals surface area contributed by atoms with Crippen LogP contribution in [0.3, 0.4) is 0 Å². The number of benzene rings is 1. The number of thiol groups is 1. The fourth-order valence-electron chi connectivity index (χ4n) is 1.36. The lowest BCUT2D eigenvalue weighted by atomic mass is 9.82. The molecule has 0 fully saturated rings. The smallest absolute Gasteiger partial charge is 0.137 e. The van der Waals surface area contributed by atoms with Crippen LogP contribution < -0.4 is 4.74 Å². The molecule has 0 spiro atoms. The second-order valence-electron chi connectivity index (χ2n) is 5.13. The van der Waals surface area contributed by atoms with Crippen LogP contribution in [-0.2, 0) is 0 Å². The first-order valence-electron chi connectivity index (χ1n) is 5.53. The molecular formula is C13H18Cl2OS. The Morgan fingerprint density at radius 1 is 1.29 bits per heavy atom. The lowest BCUT2D eigenvalue weighted by Gasteiger charge is -2.29. The van der Waals surface area contributed by atoms with Crippen LogP contribution in [0.5, 0.6) is 5.75 Å². The molecule has 0 heterocycles. The zero-order valence-corrected chi connectivity index (χ0v) is 12.7. The van der Waals surface area contributed by atoms with Gasteiger partial charge in [0.25, 0.3) is 0 Å². The molecular weight excluding hydrogens is 275 g/mol. The van der Waals surface area contributed by atoms with Crippen LogP contribution in [-0.4, -0.2) is 12.4 Å². The number of hydrogen-bond donors (Lipinski definition) is 1. The maximum absolute atomic E-state index is 6.04. The van der Waals surface area contributed by atoms with E-state index in [4.69, 9.17) is 27.9 Å². The Kier molecular flexibility index (Phi) is 5.49. The molecule has 0 saturated carbocycles. The quantitative estimate of drug-likeness (QED) is 0.772. The second kappa shape index (κ2) is 6.21. The number of hydrogen-bond acceptors (Lipinski definition) is 2. The van der Waals surface area contributed by atoms with Gasteiger partial charge in [0.05, 0.1) is 11.6 Å². The highest BCUT2D eigenvalue weighted by Crippen LogP contribution is 2.31. The number of ether oxygens (including phenoxy) is 1. The first-order valence-corrected chi connectivity index (χ1v) is 6.92. The van der Waals surface area contributed by atoms with Crippen LogP contribution in [0.25, 0.3) is 0 Å². The molecule has 1 nitrogen and oxygen atoms in total. The van der Waals surface area contributed by atoms with E-state index in [0.29, 0.717) is 28.3 Å². The minimum atomic E-state index is 0.167. The van der Waals surface area contributed by atoms with Gasteiger partial charge in [0.2, 0.25) is 0 Å². The normalized spacial score (nSPS) is 13.5. The van der Waals surface area contributed by atoms with Crippen molar-refractivity contribution in [1.29, 1.82) is 0 Å². The van der Waals surface area contributed by atoms with Crippen LogP contribution in [0.4, 0.5) is 0 Å². The zero-order chi connectivity index (χ0) is 13.1. The molecule has 0 amide bonds. The summed E-state index contributed by atoms with van der Waals surface area (Å²) in [5.41, 5.74) is 0.167. The summed E-state index contributed by atoms with van der Waals surface area (Å²) < 4.78 is 5.73. The van der Waals surface area contributed by atoms with E-state index in [1.807, 2.05) is 0 Å². The molecule has 1 atom stereocenters. The summed E-state index contributed by atoms with van der Waals surface area (Å²) in [5.74, 6) is 1.83. The Hall–Kier alpha value is -0.0500. The van der Waals surface area contributed by atoms with E-state index >= 15 is 0 Å². The molecule has 17 heavy (non-hydrogen) atoms. The molecule has 0 aliphatic heterocycles. The van der Waals surface area contributed by atoms with E-state index in [-0.39, 0.29) is 5.41 Å². The lowest BCUT2D eigenvalue weighted by molar-refractivity contribution is 0.165. The molecule has 0 saturated heterocycles. The Morgan fingerprint density at radius 2 is 1.94 bits per heavy atom. The van der Waals surface area contributed by atoms with Crippen molar-refractivity contribution in [1.82, 2.24) is 0 Å². The minimum absolute atomic E-state index is 0.167. The molecule has 1 aromatic rings. The molecule has 96 valence electrons. The summed E-state index contributed by atoms with van der Waals surface area (Å²) in [6.07, 6.45) is 0. The van der Waals surface area contributed by atoms with E-state index in [1.54, 1.807) is 18.2 Å². The maximum Gasteiger partial charge on any atom is 0.137 e. The summed E-state index contributed by atoms with van der Waals surface area (Å²) >= 11 is 16.2. The first kappa shape index (κ1) is 15.0. The average molecular weight is 293 g/mol. The molecule has 4 heteroatoms. The monoisotopic (exact) mass is 292 g/mol. The maximum atomic E-state index is 6.04. The van der Waals surface area contributed by atoms with E-state index < -0.39 is 0 Å². The fourth-order valence-corrected chi connectivity index (χ4v) is 2.48. The summed E-state index contributed by atoms with van der Waals surface area (Å²) in [7, 11) is 0. The van der Waals surface area contributed by atoms with Crippen LogP contribution in [0, 0.1) is 11.3 Å². The molecule has 0 bridgehead atoms. The van der Waals surface area contributed by atoms with E-state index in [0.717, 1.165) is 5.75 Å². The Balaban J connectivity index is 2.66. The summed E-state index contributed by atoms with van der Waals surface area (Å²) in [4.78, 5) is 0. The van der Waals surface area contributed by atoms with Crippen LogP contribution >= 0.6 is 35.8 Å². The van der Waals surface area contributed by atoms with E-state index in [9.17, 15) is 0 Å². The molecule has 0 radical (unpaired) electrons. The van der Waals surface area contributed by atoms with Gasteiger partial charge in [-0.15, -0.1) is 0 Å². The SMILES string of the molecule is CC(C)(C)C(CS)COc1ccc(Cl)cc1Cl. The summed E-state index contributed by atoms with van der Waals surface area (Å²) in [5, 5.41) is 1.16. The third kappa shape index (κ3) is 4.61. The largest absolute Gasteiger partial charge is 0.492 e. The van der Waals surface area contributed by atoms with Gasteiger partial charge in [-0.1, -0.05) is 44.0 Å². The fraction of sp³-hybridized carbons (Fsp3) is 0.538. The third-order valence-electron chi connectivity index (χ3n) is 2.78. The number of halogens is 2. The predicted molar refractivity (Wildman–Crippen MR) is 78.8 cm³/mol. The van der Waals surface area contributed by atoms with Gasteiger partial charge in [0, 0.05) is 10.9 Å². The van der Waals surface area contributed by atoms with Crippen molar-refractivity contribution in [3.05, 3.63) is 28.2 Å². The summed E-state index contributed by atoms with van der Waals surface area (Å²) in [6.45, 7) is 7.15. The van der Waals surface area contributed by atoms with Gasteiger partial charge in [0.1, 0.15) is 5.75 Å². The zero-order valence-electron chi connectivity index (χ0n) is 10.3. The van der Waals surface area contributed by atoms with Crippen molar-refractivity contribution in [2.75, 3.05) is 12.4 Å².